The van der Waals surface area contributed by atoms with Gasteiger partial charge in [0.05, 0.1) is 6.42 Å². The molecule has 10 nitrogen and oxygen atoms in total. The summed E-state index contributed by atoms with van der Waals surface area (Å²) < 4.78 is 35.4. The molecule has 0 aromatic heterocycles. The molecule has 0 saturated carbocycles. The SMILES string of the molecule is O=C(O)CC(C(=O)O)S(=O)(=O)OP(=O)(O)O.[NaH].[NaH]. The van der Waals surface area contributed by atoms with E-state index in [9.17, 15) is 22.6 Å². The van der Waals surface area contributed by atoms with E-state index in [4.69, 9.17) is 20.0 Å². The van der Waals surface area contributed by atoms with Crippen molar-refractivity contribution in [2.24, 2.45) is 0 Å². The van der Waals surface area contributed by atoms with Crippen LogP contribution in [0.2, 0.25) is 0 Å². The summed E-state index contributed by atoms with van der Waals surface area (Å²) in [7, 11) is -10.7. The molecule has 0 bridgehead atoms. The number of carboxylic acids is 2. The van der Waals surface area contributed by atoms with Crippen molar-refractivity contribution in [1.29, 1.82) is 0 Å². The van der Waals surface area contributed by atoms with Gasteiger partial charge in [-0.3, -0.25) is 9.59 Å². The molecule has 0 amide bonds. The average Bonchev–Trinajstić information content (AvgIpc) is 1.93. The third kappa shape index (κ3) is 9.87. The monoisotopic (exact) mass is 326 g/mol. The number of rotatable bonds is 6. The molecule has 14 heteroatoms. The van der Waals surface area contributed by atoms with Gasteiger partial charge in [0, 0.05) is 0 Å². The third-order valence-electron chi connectivity index (χ3n) is 1.18. The van der Waals surface area contributed by atoms with Crippen LogP contribution in [0.4, 0.5) is 0 Å². The van der Waals surface area contributed by atoms with Gasteiger partial charge in [-0.15, -0.1) is 0 Å². The van der Waals surface area contributed by atoms with Crippen LogP contribution in [0.3, 0.4) is 0 Å². The Morgan fingerprint density at radius 2 is 1.56 bits per heavy atom. The van der Waals surface area contributed by atoms with E-state index < -0.39 is 41.6 Å². The molecule has 0 fully saturated rings. The fourth-order valence-electron chi connectivity index (χ4n) is 0.659. The van der Waals surface area contributed by atoms with Crippen molar-refractivity contribution in [2.75, 3.05) is 0 Å². The summed E-state index contributed by atoms with van der Waals surface area (Å²) in [5.74, 6) is -3.86. The van der Waals surface area contributed by atoms with Gasteiger partial charge in [-0.2, -0.15) is 12.4 Å². The van der Waals surface area contributed by atoms with Crippen LogP contribution >= 0.6 is 7.82 Å². The van der Waals surface area contributed by atoms with Gasteiger partial charge in [0.2, 0.25) is 0 Å². The van der Waals surface area contributed by atoms with E-state index in [0.29, 0.717) is 0 Å². The zero-order valence-corrected chi connectivity index (χ0v) is 9.09. The van der Waals surface area contributed by atoms with Gasteiger partial charge in [0.25, 0.3) is 10.1 Å². The molecule has 0 spiro atoms. The Morgan fingerprint density at radius 3 is 1.78 bits per heavy atom. The van der Waals surface area contributed by atoms with Crippen molar-refractivity contribution in [3.05, 3.63) is 0 Å². The molecule has 4 N–H and O–H groups in total. The predicted octanol–water partition coefficient (Wildman–Crippen LogP) is -2.94. The standard InChI is InChI=1S/C4H7O10PS.2Na.2H/c5-3(6)1-2(4(7)8)16(12,13)14-15(9,10)11;;;;/h2H,1H2,(H,5,6)(H,7,8)(H2,9,10,11);;;;. The number of carbonyl (C=O) groups is 2. The molecule has 0 radical (unpaired) electrons. The number of carboxylic acid groups (broad SMARTS) is 2. The molecule has 18 heavy (non-hydrogen) atoms. The minimum atomic E-state index is -5.47. The summed E-state index contributed by atoms with van der Waals surface area (Å²) in [4.78, 5) is 36.9. The summed E-state index contributed by atoms with van der Waals surface area (Å²) in [5, 5.41) is 14.0. The quantitative estimate of drug-likeness (QED) is 0.292. The van der Waals surface area contributed by atoms with Crippen LogP contribution in [-0.2, 0) is 28.2 Å². The van der Waals surface area contributed by atoms with Gasteiger partial charge in [-0.1, -0.05) is 0 Å². The van der Waals surface area contributed by atoms with E-state index in [1.54, 1.807) is 0 Å². The molecule has 0 aliphatic carbocycles. The summed E-state index contributed by atoms with van der Waals surface area (Å²) in [6.07, 6.45) is -1.38. The van der Waals surface area contributed by atoms with Crippen LogP contribution in [0.1, 0.15) is 6.42 Å². The van der Waals surface area contributed by atoms with Crippen molar-refractivity contribution >= 4 is 89.0 Å². The zero-order chi connectivity index (χ0) is 13.1. The predicted molar refractivity (Wildman–Crippen MR) is 60.0 cm³/mol. The van der Waals surface area contributed by atoms with Crippen LogP contribution in [0.25, 0.3) is 0 Å². The Balaban J connectivity index is -0.00000112. The zero-order valence-electron chi connectivity index (χ0n) is 7.38. The van der Waals surface area contributed by atoms with Gasteiger partial charge in [-0.05, 0) is 0 Å². The van der Waals surface area contributed by atoms with E-state index in [-0.39, 0.29) is 59.1 Å². The number of hydrogen-bond acceptors (Lipinski definition) is 6. The molecular weight excluding hydrogens is 317 g/mol. The molecule has 0 saturated heterocycles. The van der Waals surface area contributed by atoms with Crippen molar-refractivity contribution in [1.82, 2.24) is 0 Å². The van der Waals surface area contributed by atoms with Gasteiger partial charge in [0.15, 0.2) is 5.25 Å². The van der Waals surface area contributed by atoms with Crippen molar-refractivity contribution in [3.8, 4) is 0 Å². The van der Waals surface area contributed by atoms with Crippen molar-refractivity contribution in [2.45, 2.75) is 11.7 Å². The number of aliphatic carboxylic acids is 2. The van der Waals surface area contributed by atoms with Crippen LogP contribution in [0.5, 0.6) is 0 Å². The summed E-state index contributed by atoms with van der Waals surface area (Å²) >= 11 is 0. The Labute approximate surface area is 146 Å². The summed E-state index contributed by atoms with van der Waals surface area (Å²) in [5.41, 5.74) is 0. The Hall–Kier alpha value is 1.000. The van der Waals surface area contributed by atoms with Gasteiger partial charge < -0.3 is 20.0 Å². The van der Waals surface area contributed by atoms with E-state index in [1.165, 1.54) is 0 Å². The second-order valence-corrected chi connectivity index (χ2v) is 5.61. The average molecular weight is 326 g/mol. The molecule has 0 rings (SSSR count). The van der Waals surface area contributed by atoms with Crippen molar-refractivity contribution in [3.63, 3.8) is 0 Å². The molecule has 0 aromatic rings. The number of hydrogen-bond donors (Lipinski definition) is 4. The van der Waals surface area contributed by atoms with Crippen LogP contribution in [-0.4, -0.2) is 105 Å². The first-order valence-corrected chi connectivity index (χ1v) is 6.41. The molecular formula is C4H9Na2O10PS. The fourth-order valence-corrected chi connectivity index (χ4v) is 2.75. The molecule has 0 heterocycles. The topological polar surface area (TPSA) is 175 Å². The van der Waals surface area contributed by atoms with Gasteiger partial charge >= 0.3 is 78.9 Å². The summed E-state index contributed by atoms with van der Waals surface area (Å²) in [6.45, 7) is 0. The second kappa shape index (κ2) is 9.03. The number of phosphoric acid groups is 1. The molecule has 98 valence electrons. The molecule has 0 aromatic carbocycles. The van der Waals surface area contributed by atoms with Gasteiger partial charge in [-0.25, -0.2) is 4.57 Å². The molecule has 0 aliphatic rings. The normalized spacial score (nSPS) is 12.8. The van der Waals surface area contributed by atoms with Crippen LogP contribution in [0, 0.1) is 0 Å². The first-order valence-electron chi connectivity index (χ1n) is 3.41. The third-order valence-corrected chi connectivity index (χ3v) is 3.86. The second-order valence-electron chi connectivity index (χ2n) is 2.48. The Bertz CT molecular complexity index is 439. The summed E-state index contributed by atoms with van der Waals surface area (Å²) in [6, 6.07) is 0. The fraction of sp³-hybridized carbons (Fsp3) is 0.500. The van der Waals surface area contributed by atoms with Crippen molar-refractivity contribution < 1.29 is 46.5 Å². The molecule has 1 atom stereocenters. The first-order chi connectivity index (χ1) is 6.96. The maximum atomic E-state index is 11.0. The van der Waals surface area contributed by atoms with E-state index >= 15 is 0 Å². The first kappa shape index (κ1) is 24.0. The minimum absolute atomic E-state index is 0. The molecule has 0 aliphatic heterocycles. The molecule has 1 unspecified atom stereocenters. The van der Waals surface area contributed by atoms with E-state index in [0.717, 1.165) is 0 Å². The Morgan fingerprint density at radius 1 is 1.17 bits per heavy atom. The van der Waals surface area contributed by atoms with E-state index in [1.807, 2.05) is 0 Å². The maximum absolute atomic E-state index is 11.0. The van der Waals surface area contributed by atoms with Crippen LogP contribution < -0.4 is 0 Å². The van der Waals surface area contributed by atoms with Gasteiger partial charge in [0.1, 0.15) is 0 Å². The Kier molecular flexibility index (Phi) is 12.1. The van der Waals surface area contributed by atoms with Crippen LogP contribution in [0.15, 0.2) is 0 Å². The van der Waals surface area contributed by atoms with E-state index in [2.05, 4.69) is 3.97 Å².